The maximum atomic E-state index is 11.7. The lowest BCUT2D eigenvalue weighted by Gasteiger charge is -2.20. The van der Waals surface area contributed by atoms with Gasteiger partial charge in [0.2, 0.25) is 0 Å². The molecule has 0 spiro atoms. The van der Waals surface area contributed by atoms with Crippen molar-refractivity contribution in [2.45, 2.75) is 198 Å². The fourth-order valence-electron chi connectivity index (χ4n) is 6.44. The van der Waals surface area contributed by atoms with Gasteiger partial charge in [0.05, 0.1) is 30.3 Å². The number of esters is 1. The van der Waals surface area contributed by atoms with E-state index in [2.05, 4.69) is 6.92 Å². The quantitative estimate of drug-likeness (QED) is 0.0477. The fraction of sp³-hybridized carbons (Fsp3) is 0.914. The molecule has 0 aromatic carbocycles. The number of aliphatic hydroxyl groups excluding tert-OH is 4. The molecule has 0 aromatic rings. The Kier molecular flexibility index (Phi) is 19.5. The molecule has 0 bridgehead atoms. The smallest absolute Gasteiger partial charge is 0.309 e. The zero-order valence-electron chi connectivity index (χ0n) is 26.9. The van der Waals surface area contributed by atoms with Gasteiger partial charge in [0.15, 0.2) is 0 Å². The van der Waals surface area contributed by atoms with Gasteiger partial charge in [0, 0.05) is 12.8 Å². The van der Waals surface area contributed by atoms with Gasteiger partial charge in [-0.25, -0.2) is 0 Å². The van der Waals surface area contributed by atoms with Crippen LogP contribution in [0.4, 0.5) is 0 Å². The summed E-state index contributed by atoms with van der Waals surface area (Å²) in [6.45, 7) is 4.15. The maximum absolute atomic E-state index is 11.7. The molecule has 2 rings (SSSR count). The van der Waals surface area contributed by atoms with Gasteiger partial charge in [0.1, 0.15) is 17.6 Å². The second-order valence-corrected chi connectivity index (χ2v) is 13.2. The summed E-state index contributed by atoms with van der Waals surface area (Å²) < 4.78 is 11.1. The first-order valence-electron chi connectivity index (χ1n) is 17.6. The topological polar surface area (TPSA) is 116 Å². The van der Waals surface area contributed by atoms with E-state index in [4.69, 9.17) is 9.47 Å². The van der Waals surface area contributed by atoms with Crippen LogP contribution in [0.2, 0.25) is 0 Å². The predicted octanol–water partition coefficient (Wildman–Crippen LogP) is 8.18. The molecule has 0 aromatic heterocycles. The van der Waals surface area contributed by atoms with Gasteiger partial charge >= 0.3 is 5.97 Å². The standard InChI is InChI=1S/C35H64O7/c1-3-4-5-6-7-8-9-10-11-12-17-20-31(38)33-23-24-34(42-33)32(39)22-21-29(36)18-15-13-14-16-19-30(37)26-28-25-27(2)41-35(28)40/h27-30,32,34,36-39H,3-26H2,1-2H3/b33-31-/t27-,28-,29+,30+,32+,34-/m0/s1. The maximum Gasteiger partial charge on any atom is 0.309 e. The zero-order valence-corrected chi connectivity index (χ0v) is 26.9. The molecule has 4 N–H and O–H groups in total. The summed E-state index contributed by atoms with van der Waals surface area (Å²) in [5, 5.41) is 41.7. The Morgan fingerprint density at radius 2 is 1.33 bits per heavy atom. The Morgan fingerprint density at radius 1 is 0.762 bits per heavy atom. The van der Waals surface area contributed by atoms with Crippen molar-refractivity contribution in [3.8, 4) is 0 Å². The number of unbranched alkanes of at least 4 members (excludes halogenated alkanes) is 13. The largest absolute Gasteiger partial charge is 0.509 e. The highest BCUT2D eigenvalue weighted by atomic mass is 16.5. The van der Waals surface area contributed by atoms with E-state index >= 15 is 0 Å². The van der Waals surface area contributed by atoms with Gasteiger partial charge in [0.25, 0.3) is 0 Å². The molecule has 0 amide bonds. The van der Waals surface area contributed by atoms with Gasteiger partial charge in [-0.2, -0.15) is 0 Å². The minimum Gasteiger partial charge on any atom is -0.509 e. The van der Waals surface area contributed by atoms with E-state index in [0.29, 0.717) is 69.3 Å². The summed E-state index contributed by atoms with van der Waals surface area (Å²) in [6.07, 6.45) is 21.7. The molecule has 2 fully saturated rings. The Bertz CT molecular complexity index is 739. The molecule has 0 saturated carbocycles. The number of cyclic esters (lactones) is 1. The summed E-state index contributed by atoms with van der Waals surface area (Å²) in [7, 11) is 0. The van der Waals surface area contributed by atoms with Crippen molar-refractivity contribution in [1.29, 1.82) is 0 Å². The van der Waals surface area contributed by atoms with Gasteiger partial charge in [-0.05, 0) is 58.3 Å². The van der Waals surface area contributed by atoms with Crippen LogP contribution in [0.25, 0.3) is 0 Å². The third-order valence-corrected chi connectivity index (χ3v) is 9.16. The van der Waals surface area contributed by atoms with E-state index in [9.17, 15) is 25.2 Å². The molecule has 2 heterocycles. The van der Waals surface area contributed by atoms with Crippen LogP contribution in [0.3, 0.4) is 0 Å². The SMILES string of the molecule is CCCCCCCCCCCCC/C(O)=C1\CC[C@@H]([C@H](O)CC[C@H](O)CCCCCC[C@@H](O)C[C@@H]2C[C@H](C)OC2=O)O1. The lowest BCUT2D eigenvalue weighted by Crippen LogP contribution is -2.26. The van der Waals surface area contributed by atoms with Crippen LogP contribution < -0.4 is 0 Å². The monoisotopic (exact) mass is 596 g/mol. The first-order chi connectivity index (χ1) is 20.3. The van der Waals surface area contributed by atoms with Crippen molar-refractivity contribution in [2.75, 3.05) is 0 Å². The molecule has 6 atom stereocenters. The molecule has 7 nitrogen and oxygen atoms in total. The predicted molar refractivity (Wildman–Crippen MR) is 168 cm³/mol. The molecule has 42 heavy (non-hydrogen) atoms. The number of ether oxygens (including phenoxy) is 2. The van der Waals surface area contributed by atoms with Crippen molar-refractivity contribution in [2.24, 2.45) is 5.92 Å². The zero-order chi connectivity index (χ0) is 30.6. The number of allylic oxidation sites excluding steroid dienone is 2. The number of carbonyl (C=O) groups is 1. The first-order valence-corrected chi connectivity index (χ1v) is 17.6. The van der Waals surface area contributed by atoms with Crippen LogP contribution in [0, 0.1) is 5.92 Å². The first kappa shape index (κ1) is 36.9. The molecule has 0 unspecified atom stereocenters. The van der Waals surface area contributed by atoms with E-state index in [1.165, 1.54) is 57.8 Å². The summed E-state index contributed by atoms with van der Waals surface area (Å²) in [5.74, 6) is 0.658. The van der Waals surface area contributed by atoms with Crippen LogP contribution in [0.1, 0.15) is 168 Å². The third-order valence-electron chi connectivity index (χ3n) is 9.16. The molecular weight excluding hydrogens is 532 g/mol. The summed E-state index contributed by atoms with van der Waals surface area (Å²) >= 11 is 0. The second kappa shape index (κ2) is 22.2. The average Bonchev–Trinajstić information content (AvgIpc) is 3.58. The summed E-state index contributed by atoms with van der Waals surface area (Å²) in [4.78, 5) is 11.7. The molecule has 7 heteroatoms. The normalized spacial score (nSPS) is 23.9. The van der Waals surface area contributed by atoms with Crippen LogP contribution in [0.15, 0.2) is 11.5 Å². The van der Waals surface area contributed by atoms with Crippen LogP contribution in [-0.2, 0) is 14.3 Å². The number of aliphatic hydroxyl groups is 4. The van der Waals surface area contributed by atoms with E-state index in [1.807, 2.05) is 6.92 Å². The fourth-order valence-corrected chi connectivity index (χ4v) is 6.44. The highest BCUT2D eigenvalue weighted by Crippen LogP contribution is 2.31. The Labute approximate surface area is 256 Å². The van der Waals surface area contributed by atoms with Gasteiger partial charge in [-0.1, -0.05) is 96.8 Å². The number of rotatable bonds is 25. The Balaban J connectivity index is 1.45. The van der Waals surface area contributed by atoms with Gasteiger partial charge in [-0.3, -0.25) is 4.79 Å². The Morgan fingerprint density at radius 3 is 1.93 bits per heavy atom. The molecule has 246 valence electrons. The van der Waals surface area contributed by atoms with Gasteiger partial charge < -0.3 is 29.9 Å². The van der Waals surface area contributed by atoms with Crippen molar-refractivity contribution in [1.82, 2.24) is 0 Å². The molecule has 2 aliphatic heterocycles. The van der Waals surface area contributed by atoms with E-state index in [-0.39, 0.29) is 24.1 Å². The number of hydrogen-bond donors (Lipinski definition) is 4. The van der Waals surface area contributed by atoms with Crippen molar-refractivity contribution < 1.29 is 34.7 Å². The summed E-state index contributed by atoms with van der Waals surface area (Å²) in [5.41, 5.74) is 0. The molecule has 2 saturated heterocycles. The van der Waals surface area contributed by atoms with Gasteiger partial charge in [-0.15, -0.1) is 0 Å². The van der Waals surface area contributed by atoms with Crippen molar-refractivity contribution >= 4 is 5.97 Å². The molecule has 0 radical (unpaired) electrons. The lowest BCUT2D eigenvalue weighted by atomic mass is 9.95. The second-order valence-electron chi connectivity index (χ2n) is 13.2. The third kappa shape index (κ3) is 16.0. The molecular formula is C35H64O7. The van der Waals surface area contributed by atoms with Crippen LogP contribution in [-0.4, -0.2) is 56.9 Å². The van der Waals surface area contributed by atoms with E-state index in [1.54, 1.807) is 0 Å². The van der Waals surface area contributed by atoms with Crippen molar-refractivity contribution in [3.05, 3.63) is 11.5 Å². The number of carbonyl (C=O) groups excluding carboxylic acids is 1. The van der Waals surface area contributed by atoms with Crippen LogP contribution in [0.5, 0.6) is 0 Å². The minimum absolute atomic E-state index is 0.0374. The highest BCUT2D eigenvalue weighted by Gasteiger charge is 2.33. The molecule has 2 aliphatic rings. The van der Waals surface area contributed by atoms with E-state index < -0.39 is 18.3 Å². The van der Waals surface area contributed by atoms with Crippen molar-refractivity contribution in [3.63, 3.8) is 0 Å². The average molecular weight is 597 g/mol. The minimum atomic E-state index is -0.631. The van der Waals surface area contributed by atoms with Crippen LogP contribution >= 0.6 is 0 Å². The number of hydrogen-bond acceptors (Lipinski definition) is 7. The van der Waals surface area contributed by atoms with E-state index in [0.717, 1.165) is 38.5 Å². The Hall–Kier alpha value is -1.31. The molecule has 0 aliphatic carbocycles. The summed E-state index contributed by atoms with van der Waals surface area (Å²) in [6, 6.07) is 0. The lowest BCUT2D eigenvalue weighted by molar-refractivity contribution is -0.144. The highest BCUT2D eigenvalue weighted by molar-refractivity contribution is 5.74.